The Morgan fingerprint density at radius 3 is 2.33 bits per heavy atom. The fourth-order valence-electron chi connectivity index (χ4n) is 2.13. The van der Waals surface area contributed by atoms with Crippen molar-refractivity contribution < 1.29 is 4.79 Å². The third-order valence-electron chi connectivity index (χ3n) is 3.39. The first-order chi connectivity index (χ1) is 10.2. The Hall–Kier alpha value is -2.29. The SMILES string of the molecule is CCCC(=O)Nc1ccc(NCc2ccccc2C)cc1. The lowest BCUT2D eigenvalue weighted by Crippen LogP contribution is -2.10. The van der Waals surface area contributed by atoms with E-state index in [4.69, 9.17) is 0 Å². The van der Waals surface area contributed by atoms with E-state index in [9.17, 15) is 4.79 Å². The van der Waals surface area contributed by atoms with Gasteiger partial charge in [0.15, 0.2) is 0 Å². The lowest BCUT2D eigenvalue weighted by Gasteiger charge is -2.10. The van der Waals surface area contributed by atoms with Gasteiger partial charge in [-0.2, -0.15) is 0 Å². The van der Waals surface area contributed by atoms with E-state index in [0.717, 1.165) is 24.3 Å². The summed E-state index contributed by atoms with van der Waals surface area (Å²) in [6.45, 7) is 4.91. The van der Waals surface area contributed by atoms with Crippen LogP contribution in [0.5, 0.6) is 0 Å². The minimum atomic E-state index is 0.0677. The normalized spacial score (nSPS) is 10.2. The zero-order chi connectivity index (χ0) is 15.1. The van der Waals surface area contributed by atoms with Crippen LogP contribution < -0.4 is 10.6 Å². The number of rotatable bonds is 6. The minimum Gasteiger partial charge on any atom is -0.381 e. The number of amides is 1. The Bertz CT molecular complexity index is 590. The second-order valence-corrected chi connectivity index (χ2v) is 5.16. The van der Waals surface area contributed by atoms with Crippen molar-refractivity contribution in [1.82, 2.24) is 0 Å². The molecule has 0 unspecified atom stereocenters. The van der Waals surface area contributed by atoms with E-state index >= 15 is 0 Å². The molecule has 3 nitrogen and oxygen atoms in total. The number of aryl methyl sites for hydroxylation is 1. The molecule has 0 aromatic heterocycles. The molecule has 2 N–H and O–H groups in total. The van der Waals surface area contributed by atoms with E-state index in [2.05, 4.69) is 35.8 Å². The van der Waals surface area contributed by atoms with Crippen molar-refractivity contribution in [2.24, 2.45) is 0 Å². The number of nitrogens with one attached hydrogen (secondary N) is 2. The Labute approximate surface area is 126 Å². The summed E-state index contributed by atoms with van der Waals surface area (Å²) in [5, 5.41) is 6.28. The lowest BCUT2D eigenvalue weighted by molar-refractivity contribution is -0.116. The summed E-state index contributed by atoms with van der Waals surface area (Å²) < 4.78 is 0. The fraction of sp³-hybridized carbons (Fsp3) is 0.278. The second kappa shape index (κ2) is 7.48. The number of anilines is 2. The predicted octanol–water partition coefficient (Wildman–Crippen LogP) is 4.35. The number of carbonyl (C=O) groups excluding carboxylic acids is 1. The Kier molecular flexibility index (Phi) is 5.38. The Morgan fingerprint density at radius 1 is 1.00 bits per heavy atom. The lowest BCUT2D eigenvalue weighted by atomic mass is 10.1. The Balaban J connectivity index is 1.91. The van der Waals surface area contributed by atoms with Gasteiger partial charge in [0.1, 0.15) is 0 Å². The molecule has 0 aliphatic carbocycles. The molecule has 0 spiro atoms. The molecule has 0 saturated carbocycles. The van der Waals surface area contributed by atoms with Crippen LogP contribution in [0.25, 0.3) is 0 Å². The maximum atomic E-state index is 11.5. The van der Waals surface area contributed by atoms with Crippen molar-refractivity contribution in [1.29, 1.82) is 0 Å². The van der Waals surface area contributed by atoms with Crippen molar-refractivity contribution in [3.8, 4) is 0 Å². The number of hydrogen-bond acceptors (Lipinski definition) is 2. The van der Waals surface area contributed by atoms with E-state index in [0.29, 0.717) is 6.42 Å². The fourth-order valence-corrected chi connectivity index (χ4v) is 2.13. The molecule has 0 radical (unpaired) electrons. The highest BCUT2D eigenvalue weighted by atomic mass is 16.1. The zero-order valence-corrected chi connectivity index (χ0v) is 12.6. The van der Waals surface area contributed by atoms with Gasteiger partial charge < -0.3 is 10.6 Å². The molecule has 0 atom stereocenters. The average molecular weight is 282 g/mol. The van der Waals surface area contributed by atoms with Gasteiger partial charge in [0.2, 0.25) is 5.91 Å². The largest absolute Gasteiger partial charge is 0.381 e. The highest BCUT2D eigenvalue weighted by Gasteiger charge is 2.01. The summed E-state index contributed by atoms with van der Waals surface area (Å²) in [6, 6.07) is 16.2. The molecular formula is C18H22N2O. The van der Waals surface area contributed by atoms with Crippen LogP contribution in [0.1, 0.15) is 30.9 Å². The third kappa shape index (κ3) is 4.63. The monoisotopic (exact) mass is 282 g/mol. The molecule has 110 valence electrons. The number of carbonyl (C=O) groups is 1. The van der Waals surface area contributed by atoms with E-state index in [1.165, 1.54) is 11.1 Å². The van der Waals surface area contributed by atoms with Gasteiger partial charge in [-0.1, -0.05) is 31.2 Å². The molecule has 3 heteroatoms. The summed E-state index contributed by atoms with van der Waals surface area (Å²) in [5.41, 5.74) is 4.47. The summed E-state index contributed by atoms with van der Waals surface area (Å²) >= 11 is 0. The van der Waals surface area contributed by atoms with Crippen LogP contribution in [-0.2, 0) is 11.3 Å². The molecule has 2 rings (SSSR count). The standard InChI is InChI=1S/C18H22N2O/c1-3-6-18(21)20-17-11-9-16(10-12-17)19-13-15-8-5-4-7-14(15)2/h4-5,7-12,19H,3,6,13H2,1-2H3,(H,20,21). The van der Waals surface area contributed by atoms with Gasteiger partial charge in [-0.15, -0.1) is 0 Å². The van der Waals surface area contributed by atoms with Crippen LogP contribution in [0.4, 0.5) is 11.4 Å². The smallest absolute Gasteiger partial charge is 0.224 e. The summed E-state index contributed by atoms with van der Waals surface area (Å²) in [5.74, 6) is 0.0677. The highest BCUT2D eigenvalue weighted by Crippen LogP contribution is 2.16. The first kappa shape index (κ1) is 15.1. The maximum Gasteiger partial charge on any atom is 0.224 e. The predicted molar refractivity (Wildman–Crippen MR) is 88.5 cm³/mol. The van der Waals surface area contributed by atoms with Gasteiger partial charge >= 0.3 is 0 Å². The van der Waals surface area contributed by atoms with E-state index in [-0.39, 0.29) is 5.91 Å². The first-order valence-electron chi connectivity index (χ1n) is 7.37. The molecular weight excluding hydrogens is 260 g/mol. The topological polar surface area (TPSA) is 41.1 Å². The van der Waals surface area contributed by atoms with E-state index < -0.39 is 0 Å². The van der Waals surface area contributed by atoms with Crippen molar-refractivity contribution >= 4 is 17.3 Å². The molecule has 2 aromatic carbocycles. The van der Waals surface area contributed by atoms with Gasteiger partial charge in [0.05, 0.1) is 0 Å². The van der Waals surface area contributed by atoms with Gasteiger partial charge in [-0.05, 0) is 48.7 Å². The van der Waals surface area contributed by atoms with Gasteiger partial charge in [0.25, 0.3) is 0 Å². The van der Waals surface area contributed by atoms with E-state index in [1.54, 1.807) is 0 Å². The quantitative estimate of drug-likeness (QED) is 0.827. The van der Waals surface area contributed by atoms with Crippen LogP contribution in [0.2, 0.25) is 0 Å². The van der Waals surface area contributed by atoms with Crippen LogP contribution in [0, 0.1) is 6.92 Å². The molecule has 0 aliphatic heterocycles. The molecule has 2 aromatic rings. The van der Waals surface area contributed by atoms with Gasteiger partial charge in [-0.25, -0.2) is 0 Å². The van der Waals surface area contributed by atoms with Crippen LogP contribution in [0.3, 0.4) is 0 Å². The van der Waals surface area contributed by atoms with Crippen molar-refractivity contribution in [3.05, 3.63) is 59.7 Å². The minimum absolute atomic E-state index is 0.0677. The van der Waals surface area contributed by atoms with Crippen molar-refractivity contribution in [2.75, 3.05) is 10.6 Å². The van der Waals surface area contributed by atoms with Gasteiger partial charge in [-0.3, -0.25) is 4.79 Å². The number of hydrogen-bond donors (Lipinski definition) is 2. The van der Waals surface area contributed by atoms with E-state index in [1.807, 2.05) is 37.3 Å². The van der Waals surface area contributed by atoms with Crippen LogP contribution in [0.15, 0.2) is 48.5 Å². The molecule has 0 aliphatic rings. The van der Waals surface area contributed by atoms with Crippen molar-refractivity contribution in [3.63, 3.8) is 0 Å². The molecule has 0 bridgehead atoms. The van der Waals surface area contributed by atoms with Crippen molar-refractivity contribution in [2.45, 2.75) is 33.2 Å². The molecule has 21 heavy (non-hydrogen) atoms. The third-order valence-corrected chi connectivity index (χ3v) is 3.39. The molecule has 1 amide bonds. The number of benzene rings is 2. The summed E-state index contributed by atoms with van der Waals surface area (Å²) in [6.07, 6.45) is 1.43. The second-order valence-electron chi connectivity index (χ2n) is 5.16. The summed E-state index contributed by atoms with van der Waals surface area (Å²) in [4.78, 5) is 11.5. The molecule has 0 saturated heterocycles. The molecule has 0 fully saturated rings. The van der Waals surface area contributed by atoms with Crippen LogP contribution in [-0.4, -0.2) is 5.91 Å². The average Bonchev–Trinajstić information content (AvgIpc) is 2.48. The highest BCUT2D eigenvalue weighted by molar-refractivity contribution is 5.90. The maximum absolute atomic E-state index is 11.5. The van der Waals surface area contributed by atoms with Crippen LogP contribution >= 0.6 is 0 Å². The first-order valence-corrected chi connectivity index (χ1v) is 7.37. The van der Waals surface area contributed by atoms with Gasteiger partial charge in [0, 0.05) is 24.3 Å². The molecule has 0 heterocycles. The summed E-state index contributed by atoms with van der Waals surface area (Å²) in [7, 11) is 0. The zero-order valence-electron chi connectivity index (χ0n) is 12.6. The Morgan fingerprint density at radius 2 is 1.67 bits per heavy atom.